The smallest absolute Gasteiger partial charge is 0.407 e. The number of ether oxygens (including phenoxy) is 1. The van der Waals surface area contributed by atoms with E-state index in [1.165, 1.54) is 73.5 Å². The van der Waals surface area contributed by atoms with E-state index in [1.54, 1.807) is 28.6 Å². The molecular weight excluding hydrogens is 697 g/mol. The molecule has 2 saturated carbocycles. The summed E-state index contributed by atoms with van der Waals surface area (Å²) in [7, 11) is 1.32. The van der Waals surface area contributed by atoms with Crippen LogP contribution in [-0.4, -0.2) is 56.0 Å². The van der Waals surface area contributed by atoms with Gasteiger partial charge in [-0.3, -0.25) is 4.79 Å². The third kappa shape index (κ3) is 5.96. The molecule has 0 aliphatic heterocycles. The molecule has 9 nitrogen and oxygen atoms in total. The van der Waals surface area contributed by atoms with Gasteiger partial charge in [0.1, 0.15) is 11.9 Å². The first-order valence-corrected chi connectivity index (χ1v) is 20.8. The summed E-state index contributed by atoms with van der Waals surface area (Å²) in [5.74, 6) is 3.04. The van der Waals surface area contributed by atoms with Gasteiger partial charge in [0, 0.05) is 11.6 Å². The first kappa shape index (κ1) is 36.5. The van der Waals surface area contributed by atoms with Crippen LogP contribution in [0.15, 0.2) is 67.3 Å². The summed E-state index contributed by atoms with van der Waals surface area (Å²) in [5, 5.41) is 2.78. The fourth-order valence-corrected chi connectivity index (χ4v) is 11.0. The van der Waals surface area contributed by atoms with Crippen molar-refractivity contribution < 1.29 is 14.3 Å². The molecule has 2 heterocycles. The van der Waals surface area contributed by atoms with Crippen LogP contribution in [0.4, 0.5) is 4.79 Å². The van der Waals surface area contributed by atoms with Gasteiger partial charge >= 0.3 is 6.09 Å². The number of amides is 2. The number of benzene rings is 3. The van der Waals surface area contributed by atoms with Crippen LogP contribution in [0.25, 0.3) is 44.8 Å². The summed E-state index contributed by atoms with van der Waals surface area (Å²) in [6.07, 6.45) is 13.5. The fraction of sp³-hybridized carbons (Fsp3) is 0.447. The highest BCUT2D eigenvalue weighted by atomic mass is 16.5. The number of hydrogen-bond acceptors (Lipinski definition) is 5. The number of hydrogen-bond donors (Lipinski definition) is 3. The summed E-state index contributed by atoms with van der Waals surface area (Å²) >= 11 is 0. The summed E-state index contributed by atoms with van der Waals surface area (Å²) in [6, 6.07) is 17.4. The van der Waals surface area contributed by atoms with Gasteiger partial charge in [0.15, 0.2) is 0 Å². The van der Waals surface area contributed by atoms with E-state index in [1.807, 2.05) is 51.9 Å². The standard InChI is InChI=1S/C47H54N6O3/c1-7-26(4)44(52-47(55)56-6)46(54)53(25(2)3)27(5)45-49-23-38(51-45)29-10-8-28(9-11-29)34-16-17-35(41-31-13-12-30(20-31)40(34)41)36-18-19-37(39-22-48-24-50-39)43-33-15-14-32(21-33)42(36)43/h8-11,16-19,22-27,30-33,44H,7,12-15,20-21H2,1-6H3,(H,48,50)(H,49,51)(H,52,55). The number of carbonyl (C=O) groups is 2. The third-order valence-electron chi connectivity index (χ3n) is 13.8. The van der Waals surface area contributed by atoms with E-state index in [-0.39, 0.29) is 23.9 Å². The van der Waals surface area contributed by atoms with Crippen molar-refractivity contribution in [3.63, 3.8) is 0 Å². The van der Waals surface area contributed by atoms with Crippen molar-refractivity contribution in [3.8, 4) is 44.8 Å². The Hall–Kier alpha value is -5.18. The molecule has 290 valence electrons. The second kappa shape index (κ2) is 14.4. The molecule has 7 atom stereocenters. The van der Waals surface area contributed by atoms with Gasteiger partial charge in [-0.25, -0.2) is 14.8 Å². The minimum atomic E-state index is -0.700. The van der Waals surface area contributed by atoms with Crippen LogP contribution in [-0.2, 0) is 9.53 Å². The van der Waals surface area contributed by atoms with Crippen LogP contribution in [0.2, 0.25) is 0 Å². The summed E-state index contributed by atoms with van der Waals surface area (Å²) in [5.41, 5.74) is 16.4. The molecular formula is C47H54N6O3. The number of nitrogens with one attached hydrogen (secondary N) is 3. The van der Waals surface area contributed by atoms with Crippen LogP contribution in [0.3, 0.4) is 0 Å². The molecule has 4 bridgehead atoms. The van der Waals surface area contributed by atoms with Gasteiger partial charge in [-0.1, -0.05) is 68.8 Å². The molecule has 0 spiro atoms. The van der Waals surface area contributed by atoms with E-state index >= 15 is 0 Å². The number of rotatable bonds is 11. The Labute approximate surface area is 330 Å². The van der Waals surface area contributed by atoms with Gasteiger partial charge in [-0.2, -0.15) is 0 Å². The minimum Gasteiger partial charge on any atom is -0.453 e. The number of aromatic amines is 2. The van der Waals surface area contributed by atoms with Crippen LogP contribution in [0.5, 0.6) is 0 Å². The molecule has 4 aliphatic rings. The molecule has 2 fully saturated rings. The second-order valence-electron chi connectivity index (χ2n) is 17.1. The normalized spacial score (nSPS) is 21.8. The molecule has 4 aliphatic carbocycles. The molecule has 3 N–H and O–H groups in total. The van der Waals surface area contributed by atoms with Gasteiger partial charge < -0.3 is 24.9 Å². The third-order valence-corrected chi connectivity index (χ3v) is 13.8. The quantitative estimate of drug-likeness (QED) is 0.124. The van der Waals surface area contributed by atoms with E-state index in [9.17, 15) is 9.59 Å². The first-order valence-electron chi connectivity index (χ1n) is 20.8. The molecule has 2 aromatic heterocycles. The Kier molecular flexibility index (Phi) is 9.37. The monoisotopic (exact) mass is 750 g/mol. The van der Waals surface area contributed by atoms with E-state index in [0.29, 0.717) is 29.5 Å². The Morgan fingerprint density at radius 1 is 0.768 bits per heavy atom. The molecule has 0 radical (unpaired) electrons. The zero-order chi connectivity index (χ0) is 38.8. The van der Waals surface area contributed by atoms with Crippen molar-refractivity contribution in [2.45, 2.75) is 121 Å². The number of methoxy groups -OCH3 is 1. The number of nitrogens with zero attached hydrogens (tertiary/aromatic N) is 3. The molecule has 9 rings (SSSR count). The maximum Gasteiger partial charge on any atom is 0.407 e. The van der Waals surface area contributed by atoms with Crippen molar-refractivity contribution in [3.05, 3.63) is 95.3 Å². The van der Waals surface area contributed by atoms with Crippen molar-refractivity contribution in [1.82, 2.24) is 30.2 Å². The van der Waals surface area contributed by atoms with Crippen molar-refractivity contribution >= 4 is 12.0 Å². The molecule has 56 heavy (non-hydrogen) atoms. The Morgan fingerprint density at radius 2 is 1.32 bits per heavy atom. The second-order valence-corrected chi connectivity index (χ2v) is 17.1. The lowest BCUT2D eigenvalue weighted by molar-refractivity contribution is -0.139. The number of H-pyrrole nitrogens is 2. The van der Waals surface area contributed by atoms with Gasteiger partial charge in [-0.15, -0.1) is 0 Å². The lowest BCUT2D eigenvalue weighted by Crippen LogP contribution is -2.54. The van der Waals surface area contributed by atoms with Gasteiger partial charge in [0.2, 0.25) is 5.91 Å². The summed E-state index contributed by atoms with van der Waals surface area (Å²) in [4.78, 5) is 44.0. The van der Waals surface area contributed by atoms with Crippen molar-refractivity contribution in [2.24, 2.45) is 5.92 Å². The van der Waals surface area contributed by atoms with E-state index < -0.39 is 12.1 Å². The van der Waals surface area contributed by atoms with Crippen LogP contribution in [0, 0.1) is 5.92 Å². The summed E-state index contributed by atoms with van der Waals surface area (Å²) < 4.78 is 4.85. The van der Waals surface area contributed by atoms with E-state index in [2.05, 4.69) is 68.8 Å². The highest BCUT2D eigenvalue weighted by molar-refractivity contribution is 5.87. The molecule has 9 heteroatoms. The molecule has 5 aromatic rings. The van der Waals surface area contributed by atoms with Crippen molar-refractivity contribution in [2.75, 3.05) is 7.11 Å². The van der Waals surface area contributed by atoms with Gasteiger partial charge in [0.05, 0.1) is 43.3 Å². The molecule has 2 amide bonds. The number of fused-ring (bicyclic) bond motifs is 10. The zero-order valence-corrected chi connectivity index (χ0v) is 33.5. The Morgan fingerprint density at radius 3 is 1.88 bits per heavy atom. The maximum absolute atomic E-state index is 14.0. The highest BCUT2D eigenvalue weighted by Crippen LogP contribution is 2.62. The summed E-state index contributed by atoms with van der Waals surface area (Å²) in [6.45, 7) is 9.96. The molecule has 0 saturated heterocycles. The fourth-order valence-electron chi connectivity index (χ4n) is 11.0. The van der Waals surface area contributed by atoms with Crippen LogP contribution >= 0.6 is 0 Å². The predicted molar refractivity (Wildman–Crippen MR) is 220 cm³/mol. The predicted octanol–water partition coefficient (Wildman–Crippen LogP) is 10.6. The minimum absolute atomic E-state index is 0.0660. The maximum atomic E-state index is 14.0. The lowest BCUT2D eigenvalue weighted by atomic mass is 9.77. The Balaban J connectivity index is 1.01. The Bertz CT molecular complexity index is 2270. The average molecular weight is 751 g/mol. The molecule has 7 unspecified atom stereocenters. The zero-order valence-electron chi connectivity index (χ0n) is 33.5. The topological polar surface area (TPSA) is 116 Å². The SMILES string of the molecule is CCC(C)C(NC(=O)OC)C(=O)N(C(C)C)C(C)c1ncc(-c2ccc(-c3ccc(-c4ccc(-c5cnc[nH]5)c5c4C4CCC5C4)c4c3C3CCC4C3)cc2)[nH]1. The lowest BCUT2D eigenvalue weighted by Gasteiger charge is -2.36. The number of carbonyl (C=O) groups excluding carboxylic acids is 2. The van der Waals surface area contributed by atoms with Crippen LogP contribution in [0.1, 0.15) is 137 Å². The van der Waals surface area contributed by atoms with E-state index in [4.69, 9.17) is 9.72 Å². The first-order chi connectivity index (χ1) is 27.2. The van der Waals surface area contributed by atoms with Crippen LogP contribution < -0.4 is 5.32 Å². The molecule has 3 aromatic carbocycles. The largest absolute Gasteiger partial charge is 0.453 e. The van der Waals surface area contributed by atoms with Crippen molar-refractivity contribution in [1.29, 1.82) is 0 Å². The van der Waals surface area contributed by atoms with Gasteiger partial charge in [0.25, 0.3) is 0 Å². The number of alkyl carbamates (subject to hydrolysis) is 1. The van der Waals surface area contributed by atoms with E-state index in [0.717, 1.165) is 23.4 Å². The number of imidazole rings is 2. The average Bonchev–Trinajstić information content (AvgIpc) is 4.09. The highest BCUT2D eigenvalue weighted by Gasteiger charge is 2.44. The number of aromatic nitrogens is 4. The van der Waals surface area contributed by atoms with Gasteiger partial charge in [-0.05, 0) is 139 Å².